The standard InChI is InChI=1S/C16H13F5N4O3S/c1-3-29(26,27)11-4-8(16(19,20)21)6-23-13(11)14-24-9-5-12(28-15(17)18)22-7-10(9)25(14)2/h4-7,15H,3H2,1-2H3. The number of alkyl halides is 5. The molecule has 0 aromatic carbocycles. The highest BCUT2D eigenvalue weighted by Crippen LogP contribution is 2.35. The number of aryl methyl sites for hydroxylation is 1. The summed E-state index contributed by atoms with van der Waals surface area (Å²) in [7, 11) is -2.63. The van der Waals surface area contributed by atoms with Gasteiger partial charge in [-0.2, -0.15) is 22.0 Å². The Bertz CT molecular complexity index is 1180. The first-order valence-corrected chi connectivity index (χ1v) is 9.67. The second-order valence-corrected chi connectivity index (χ2v) is 8.10. The summed E-state index contributed by atoms with van der Waals surface area (Å²) in [6, 6.07) is 1.60. The predicted octanol–water partition coefficient (Wildman–Crippen LogP) is 3.44. The van der Waals surface area contributed by atoms with Gasteiger partial charge >= 0.3 is 12.8 Å². The fourth-order valence-electron chi connectivity index (χ4n) is 2.60. The van der Waals surface area contributed by atoms with Crippen LogP contribution in [-0.4, -0.2) is 40.3 Å². The van der Waals surface area contributed by atoms with Gasteiger partial charge in [0, 0.05) is 19.3 Å². The first kappa shape index (κ1) is 20.9. The van der Waals surface area contributed by atoms with Gasteiger partial charge in [0.15, 0.2) is 15.7 Å². The Kier molecular flexibility index (Phi) is 5.19. The van der Waals surface area contributed by atoms with E-state index in [0.717, 1.165) is 6.07 Å². The molecule has 0 fully saturated rings. The highest BCUT2D eigenvalue weighted by molar-refractivity contribution is 7.91. The van der Waals surface area contributed by atoms with E-state index in [4.69, 9.17) is 0 Å². The van der Waals surface area contributed by atoms with E-state index in [1.807, 2.05) is 0 Å². The fourth-order valence-corrected chi connectivity index (χ4v) is 3.65. The van der Waals surface area contributed by atoms with Crippen LogP contribution in [0.3, 0.4) is 0 Å². The highest BCUT2D eigenvalue weighted by atomic mass is 32.2. The third-order valence-electron chi connectivity index (χ3n) is 4.06. The molecule has 0 bridgehead atoms. The molecule has 3 heterocycles. The van der Waals surface area contributed by atoms with E-state index in [1.54, 1.807) is 0 Å². The van der Waals surface area contributed by atoms with Crippen molar-refractivity contribution in [1.29, 1.82) is 0 Å². The molecule has 0 atom stereocenters. The number of hydrogen-bond donors (Lipinski definition) is 0. The van der Waals surface area contributed by atoms with Crippen LogP contribution in [0.5, 0.6) is 5.88 Å². The molecule has 0 saturated heterocycles. The SMILES string of the molecule is CCS(=O)(=O)c1cc(C(F)(F)F)cnc1-c1nc2cc(OC(F)F)ncc2n1C. The molecule has 0 aliphatic rings. The molecule has 13 heteroatoms. The maximum absolute atomic E-state index is 13.1. The Morgan fingerprint density at radius 3 is 2.45 bits per heavy atom. The Morgan fingerprint density at radius 2 is 1.86 bits per heavy atom. The van der Waals surface area contributed by atoms with Gasteiger partial charge in [-0.05, 0) is 6.07 Å². The molecule has 0 radical (unpaired) electrons. The minimum Gasteiger partial charge on any atom is -0.417 e. The van der Waals surface area contributed by atoms with Gasteiger partial charge in [0.25, 0.3) is 0 Å². The van der Waals surface area contributed by atoms with E-state index in [9.17, 15) is 30.4 Å². The molecule has 156 valence electrons. The topological polar surface area (TPSA) is 87.0 Å². The van der Waals surface area contributed by atoms with E-state index in [-0.39, 0.29) is 17.0 Å². The van der Waals surface area contributed by atoms with Crippen molar-refractivity contribution in [2.45, 2.75) is 24.6 Å². The van der Waals surface area contributed by atoms with E-state index in [1.165, 1.54) is 24.7 Å². The summed E-state index contributed by atoms with van der Waals surface area (Å²) in [4.78, 5) is 10.9. The van der Waals surface area contributed by atoms with Crippen molar-refractivity contribution < 1.29 is 35.1 Å². The quantitative estimate of drug-likeness (QED) is 0.570. The molecular formula is C16H13F5N4O3S. The normalized spacial score (nSPS) is 12.7. The van der Waals surface area contributed by atoms with Gasteiger partial charge < -0.3 is 9.30 Å². The fraction of sp³-hybridized carbons (Fsp3) is 0.312. The van der Waals surface area contributed by atoms with Crippen LogP contribution in [0.15, 0.2) is 29.4 Å². The number of aromatic nitrogens is 4. The van der Waals surface area contributed by atoms with Crippen molar-refractivity contribution in [2.24, 2.45) is 7.05 Å². The summed E-state index contributed by atoms with van der Waals surface area (Å²) >= 11 is 0. The van der Waals surface area contributed by atoms with E-state index in [0.29, 0.717) is 17.8 Å². The molecule has 0 aliphatic carbocycles. The van der Waals surface area contributed by atoms with Crippen LogP contribution in [0.2, 0.25) is 0 Å². The molecule has 0 unspecified atom stereocenters. The molecule has 0 saturated carbocycles. The van der Waals surface area contributed by atoms with Gasteiger partial charge in [-0.3, -0.25) is 4.98 Å². The lowest BCUT2D eigenvalue weighted by molar-refractivity contribution is -0.138. The summed E-state index contributed by atoms with van der Waals surface area (Å²) in [5.74, 6) is -0.948. The molecule has 0 amide bonds. The molecular weight excluding hydrogens is 423 g/mol. The van der Waals surface area contributed by atoms with Gasteiger partial charge in [0.1, 0.15) is 5.69 Å². The first-order valence-electron chi connectivity index (χ1n) is 8.01. The Morgan fingerprint density at radius 1 is 1.17 bits per heavy atom. The number of fused-ring (bicyclic) bond motifs is 1. The van der Waals surface area contributed by atoms with Crippen LogP contribution in [0.1, 0.15) is 12.5 Å². The van der Waals surface area contributed by atoms with Crippen LogP contribution >= 0.6 is 0 Å². The number of ether oxygens (including phenoxy) is 1. The van der Waals surface area contributed by atoms with Crippen LogP contribution in [0.4, 0.5) is 22.0 Å². The van der Waals surface area contributed by atoms with Crippen LogP contribution in [0.25, 0.3) is 22.6 Å². The van der Waals surface area contributed by atoms with Crippen LogP contribution < -0.4 is 4.74 Å². The molecule has 3 aromatic heterocycles. The summed E-state index contributed by atoms with van der Waals surface area (Å²) in [6.07, 6.45) is -3.12. The van der Waals surface area contributed by atoms with Crippen LogP contribution in [0, 0.1) is 0 Å². The smallest absolute Gasteiger partial charge is 0.417 e. The van der Waals surface area contributed by atoms with Crippen molar-refractivity contribution in [1.82, 2.24) is 19.5 Å². The molecule has 0 spiro atoms. The maximum atomic E-state index is 13.1. The largest absolute Gasteiger partial charge is 0.417 e. The van der Waals surface area contributed by atoms with E-state index >= 15 is 0 Å². The average Bonchev–Trinajstić information content (AvgIpc) is 2.96. The summed E-state index contributed by atoms with van der Waals surface area (Å²) in [5, 5.41) is 0. The minimum atomic E-state index is -4.79. The zero-order chi connectivity index (χ0) is 21.6. The van der Waals surface area contributed by atoms with Crippen molar-refractivity contribution in [3.63, 3.8) is 0 Å². The summed E-state index contributed by atoms with van der Waals surface area (Å²) in [6.45, 7) is -1.83. The van der Waals surface area contributed by atoms with Crippen LogP contribution in [-0.2, 0) is 23.1 Å². The number of nitrogens with zero attached hydrogens (tertiary/aromatic N) is 4. The predicted molar refractivity (Wildman–Crippen MR) is 91.1 cm³/mol. The lowest BCUT2D eigenvalue weighted by Crippen LogP contribution is -2.13. The molecule has 29 heavy (non-hydrogen) atoms. The van der Waals surface area contributed by atoms with Gasteiger partial charge in [-0.15, -0.1) is 0 Å². The lowest BCUT2D eigenvalue weighted by atomic mass is 10.2. The highest BCUT2D eigenvalue weighted by Gasteiger charge is 2.34. The van der Waals surface area contributed by atoms with Crippen molar-refractivity contribution in [3.05, 3.63) is 30.1 Å². The third kappa shape index (κ3) is 3.99. The average molecular weight is 436 g/mol. The van der Waals surface area contributed by atoms with Gasteiger partial charge in [-0.1, -0.05) is 6.92 Å². The Balaban J connectivity index is 2.24. The second-order valence-electron chi connectivity index (χ2n) is 5.86. The van der Waals surface area contributed by atoms with Crippen molar-refractivity contribution in [3.8, 4) is 17.4 Å². The monoisotopic (exact) mass is 436 g/mol. The number of hydrogen-bond acceptors (Lipinski definition) is 6. The number of halogens is 5. The minimum absolute atomic E-state index is 0.0725. The molecule has 7 nitrogen and oxygen atoms in total. The zero-order valence-electron chi connectivity index (χ0n) is 14.9. The Labute approximate surface area is 161 Å². The van der Waals surface area contributed by atoms with Gasteiger partial charge in [0.05, 0.1) is 33.4 Å². The van der Waals surface area contributed by atoms with Crippen molar-refractivity contribution >= 4 is 20.9 Å². The van der Waals surface area contributed by atoms with E-state index < -0.39 is 44.7 Å². The van der Waals surface area contributed by atoms with Gasteiger partial charge in [-0.25, -0.2) is 18.4 Å². The lowest BCUT2D eigenvalue weighted by Gasteiger charge is -2.12. The number of sulfone groups is 1. The third-order valence-corrected chi connectivity index (χ3v) is 5.80. The number of rotatable bonds is 5. The number of imidazole rings is 1. The van der Waals surface area contributed by atoms with Gasteiger partial charge in [0.2, 0.25) is 5.88 Å². The summed E-state index contributed by atoms with van der Waals surface area (Å²) < 4.78 is 94.3. The second kappa shape index (κ2) is 7.21. The molecule has 3 aromatic rings. The van der Waals surface area contributed by atoms with E-state index in [2.05, 4.69) is 19.7 Å². The molecule has 0 aliphatic heterocycles. The maximum Gasteiger partial charge on any atom is 0.417 e. The number of pyridine rings is 2. The van der Waals surface area contributed by atoms with Crippen molar-refractivity contribution in [2.75, 3.05) is 5.75 Å². The zero-order valence-corrected chi connectivity index (χ0v) is 15.7. The first-order chi connectivity index (χ1) is 13.4. The molecule has 3 rings (SSSR count). The summed E-state index contributed by atoms with van der Waals surface area (Å²) in [5.41, 5.74) is -1.09. The Hall–Kier alpha value is -2.83. The molecule has 0 N–H and O–H groups in total.